The first-order valence-electron chi connectivity index (χ1n) is 5.12. The van der Waals surface area contributed by atoms with Crippen LogP contribution in [0.5, 0.6) is 0 Å². The van der Waals surface area contributed by atoms with E-state index in [4.69, 9.17) is 4.52 Å². The largest absolute Gasteiger partial charge is 0.465 e. The Morgan fingerprint density at radius 1 is 1.56 bits per heavy atom. The average molecular weight is 249 g/mol. The monoisotopic (exact) mass is 249 g/mol. The van der Waals surface area contributed by atoms with Crippen LogP contribution in [0.2, 0.25) is 0 Å². The lowest BCUT2D eigenvalue weighted by atomic mass is 10.3. The van der Waals surface area contributed by atoms with Crippen LogP contribution in [0.15, 0.2) is 17.0 Å². The Kier molecular flexibility index (Phi) is 3.46. The lowest BCUT2D eigenvalue weighted by Gasteiger charge is -2.06. The molecule has 94 valence electrons. The minimum Gasteiger partial charge on any atom is -0.465 e. The maximum absolute atomic E-state index is 11.5. The fourth-order valence-corrected chi connectivity index (χ4v) is 1.30. The summed E-state index contributed by atoms with van der Waals surface area (Å²) in [7, 11) is 1.29. The zero-order valence-corrected chi connectivity index (χ0v) is 9.88. The highest BCUT2D eigenvalue weighted by atomic mass is 16.5. The Labute approximate surface area is 102 Å². The number of carbonyl (C=O) groups is 1. The molecule has 0 aliphatic rings. The van der Waals surface area contributed by atoms with E-state index in [1.165, 1.54) is 19.6 Å². The Hall–Kier alpha value is -2.51. The molecule has 2 rings (SSSR count). The van der Waals surface area contributed by atoms with Crippen molar-refractivity contribution in [2.45, 2.75) is 13.5 Å². The lowest BCUT2D eigenvalue weighted by molar-refractivity contribution is 0.0601. The number of esters is 1. The number of aromatic nitrogens is 4. The topological polar surface area (TPSA) is 103 Å². The van der Waals surface area contributed by atoms with Crippen LogP contribution in [0.3, 0.4) is 0 Å². The van der Waals surface area contributed by atoms with E-state index in [2.05, 4.69) is 30.2 Å². The second-order valence-corrected chi connectivity index (χ2v) is 3.37. The molecule has 0 spiro atoms. The fraction of sp³-hybridized carbons (Fsp3) is 0.300. The summed E-state index contributed by atoms with van der Waals surface area (Å²) in [6, 6.07) is 0. The van der Waals surface area contributed by atoms with Crippen LogP contribution in [0.25, 0.3) is 0 Å². The van der Waals surface area contributed by atoms with Gasteiger partial charge in [-0.15, -0.1) is 0 Å². The Morgan fingerprint density at radius 3 is 3.06 bits per heavy atom. The van der Waals surface area contributed by atoms with Gasteiger partial charge in [0.1, 0.15) is 17.7 Å². The molecule has 0 unspecified atom stereocenters. The molecule has 0 aliphatic carbocycles. The van der Waals surface area contributed by atoms with Gasteiger partial charge in [-0.2, -0.15) is 4.98 Å². The highest BCUT2D eigenvalue weighted by Crippen LogP contribution is 2.12. The number of carbonyl (C=O) groups excluding carboxylic acids is 1. The van der Waals surface area contributed by atoms with Crippen LogP contribution in [0.4, 0.5) is 5.82 Å². The molecule has 0 fully saturated rings. The smallest absolute Gasteiger partial charge is 0.343 e. The summed E-state index contributed by atoms with van der Waals surface area (Å²) >= 11 is 0. The van der Waals surface area contributed by atoms with E-state index in [0.717, 1.165) is 0 Å². The molecule has 0 aromatic carbocycles. The molecule has 0 radical (unpaired) electrons. The van der Waals surface area contributed by atoms with Crippen molar-refractivity contribution in [2.75, 3.05) is 12.4 Å². The van der Waals surface area contributed by atoms with E-state index in [1.54, 1.807) is 6.92 Å². The van der Waals surface area contributed by atoms with Crippen LogP contribution in [0.1, 0.15) is 22.1 Å². The number of methoxy groups -OCH3 is 1. The quantitative estimate of drug-likeness (QED) is 0.784. The minimum atomic E-state index is -0.514. The third kappa shape index (κ3) is 2.59. The summed E-state index contributed by atoms with van der Waals surface area (Å²) < 4.78 is 9.55. The summed E-state index contributed by atoms with van der Waals surface area (Å²) in [4.78, 5) is 23.2. The summed E-state index contributed by atoms with van der Waals surface area (Å²) in [5.41, 5.74) is 0.247. The SMILES string of the molecule is COC(=O)c1cncnc1NCc1nc(C)no1. The zero-order valence-electron chi connectivity index (χ0n) is 9.88. The molecule has 2 aromatic rings. The minimum absolute atomic E-state index is 0.247. The van der Waals surface area contributed by atoms with Crippen molar-refractivity contribution in [1.29, 1.82) is 0 Å². The van der Waals surface area contributed by atoms with E-state index in [1.807, 2.05) is 0 Å². The molecule has 0 aliphatic heterocycles. The van der Waals surface area contributed by atoms with Crippen LogP contribution in [0, 0.1) is 6.92 Å². The highest BCUT2D eigenvalue weighted by Gasteiger charge is 2.13. The average Bonchev–Trinajstić information content (AvgIpc) is 2.81. The normalized spacial score (nSPS) is 10.1. The number of hydrogen-bond acceptors (Lipinski definition) is 8. The highest BCUT2D eigenvalue weighted by molar-refractivity contribution is 5.94. The van der Waals surface area contributed by atoms with Gasteiger partial charge < -0.3 is 14.6 Å². The van der Waals surface area contributed by atoms with Gasteiger partial charge in [-0.25, -0.2) is 14.8 Å². The Morgan fingerprint density at radius 2 is 2.39 bits per heavy atom. The Bertz CT molecular complexity index is 554. The molecule has 0 saturated carbocycles. The third-order valence-electron chi connectivity index (χ3n) is 2.09. The van der Waals surface area contributed by atoms with Crippen molar-refractivity contribution < 1.29 is 14.1 Å². The standard InChI is InChI=1S/C10H11N5O3/c1-6-14-8(18-15-6)4-12-9-7(10(16)17-2)3-11-5-13-9/h3,5H,4H2,1-2H3,(H,11,12,13). The molecule has 0 saturated heterocycles. The molecule has 2 heterocycles. The molecule has 2 aromatic heterocycles. The van der Waals surface area contributed by atoms with Gasteiger partial charge in [0.2, 0.25) is 5.89 Å². The van der Waals surface area contributed by atoms with Crippen LogP contribution >= 0.6 is 0 Å². The van der Waals surface area contributed by atoms with Crippen molar-refractivity contribution in [3.8, 4) is 0 Å². The molecule has 0 amide bonds. The van der Waals surface area contributed by atoms with E-state index < -0.39 is 5.97 Å². The summed E-state index contributed by atoms with van der Waals surface area (Å²) in [5, 5.41) is 6.56. The maximum atomic E-state index is 11.5. The van der Waals surface area contributed by atoms with Gasteiger partial charge in [-0.3, -0.25) is 0 Å². The van der Waals surface area contributed by atoms with Gasteiger partial charge >= 0.3 is 5.97 Å². The number of aryl methyl sites for hydroxylation is 1. The molecule has 18 heavy (non-hydrogen) atoms. The van der Waals surface area contributed by atoms with E-state index in [-0.39, 0.29) is 12.1 Å². The second kappa shape index (κ2) is 5.21. The van der Waals surface area contributed by atoms with E-state index >= 15 is 0 Å². The van der Waals surface area contributed by atoms with Crippen molar-refractivity contribution in [1.82, 2.24) is 20.1 Å². The molecular formula is C10H11N5O3. The van der Waals surface area contributed by atoms with Gasteiger partial charge in [0.25, 0.3) is 0 Å². The van der Waals surface area contributed by atoms with E-state index in [0.29, 0.717) is 17.5 Å². The van der Waals surface area contributed by atoms with Gasteiger partial charge in [0.15, 0.2) is 5.82 Å². The number of hydrogen-bond donors (Lipinski definition) is 1. The van der Waals surface area contributed by atoms with Gasteiger partial charge in [0, 0.05) is 6.20 Å². The van der Waals surface area contributed by atoms with Gasteiger partial charge in [0.05, 0.1) is 13.7 Å². The molecule has 8 heteroatoms. The fourth-order valence-electron chi connectivity index (χ4n) is 1.30. The predicted octanol–water partition coefficient (Wildman–Crippen LogP) is 0.567. The number of nitrogens with one attached hydrogen (secondary N) is 1. The van der Waals surface area contributed by atoms with Crippen LogP contribution in [-0.2, 0) is 11.3 Å². The molecule has 0 atom stereocenters. The summed E-state index contributed by atoms with van der Waals surface area (Å²) in [6.07, 6.45) is 2.70. The van der Waals surface area contributed by atoms with Gasteiger partial charge in [-0.1, -0.05) is 5.16 Å². The van der Waals surface area contributed by atoms with Crippen molar-refractivity contribution in [2.24, 2.45) is 0 Å². The predicted molar refractivity (Wildman–Crippen MR) is 59.7 cm³/mol. The number of anilines is 1. The number of nitrogens with zero attached hydrogens (tertiary/aromatic N) is 4. The van der Waals surface area contributed by atoms with Gasteiger partial charge in [-0.05, 0) is 6.92 Å². The first kappa shape index (κ1) is 12.0. The maximum Gasteiger partial charge on any atom is 0.343 e. The Balaban J connectivity index is 2.11. The van der Waals surface area contributed by atoms with Crippen molar-refractivity contribution >= 4 is 11.8 Å². The molecule has 1 N–H and O–H groups in total. The zero-order chi connectivity index (χ0) is 13.0. The summed E-state index contributed by atoms with van der Waals surface area (Å²) in [5.74, 6) is 0.789. The van der Waals surface area contributed by atoms with Crippen molar-refractivity contribution in [3.05, 3.63) is 29.8 Å². The molecule has 0 bridgehead atoms. The molecular weight excluding hydrogens is 238 g/mol. The van der Waals surface area contributed by atoms with Crippen molar-refractivity contribution in [3.63, 3.8) is 0 Å². The number of rotatable bonds is 4. The third-order valence-corrected chi connectivity index (χ3v) is 2.09. The lowest BCUT2D eigenvalue weighted by Crippen LogP contribution is -2.10. The van der Waals surface area contributed by atoms with Crippen LogP contribution < -0.4 is 5.32 Å². The first-order chi connectivity index (χ1) is 8.70. The van der Waals surface area contributed by atoms with E-state index in [9.17, 15) is 4.79 Å². The number of ether oxygens (including phenoxy) is 1. The second-order valence-electron chi connectivity index (χ2n) is 3.37. The first-order valence-corrected chi connectivity index (χ1v) is 5.12. The molecule has 8 nitrogen and oxygen atoms in total. The van der Waals surface area contributed by atoms with Crippen LogP contribution in [-0.4, -0.2) is 33.2 Å². The summed E-state index contributed by atoms with van der Waals surface area (Å²) in [6.45, 7) is 1.99.